The first kappa shape index (κ1) is 11.9. The van der Waals surface area contributed by atoms with E-state index >= 15 is 0 Å². The van der Waals surface area contributed by atoms with E-state index in [4.69, 9.17) is 4.74 Å². The second kappa shape index (κ2) is 4.85. The van der Waals surface area contributed by atoms with Gasteiger partial charge in [0.25, 0.3) is 5.91 Å². The topological polar surface area (TPSA) is 62.4 Å². The van der Waals surface area contributed by atoms with Crippen LogP contribution in [-0.4, -0.2) is 47.9 Å². The molecule has 1 aliphatic rings. The van der Waals surface area contributed by atoms with Gasteiger partial charge in [-0.3, -0.25) is 9.59 Å². The minimum atomic E-state index is -0.454. The lowest BCUT2D eigenvalue weighted by atomic mass is 10.1. The number of ketones is 1. The molecule has 1 aromatic heterocycles. The van der Waals surface area contributed by atoms with E-state index in [0.717, 1.165) is 10.9 Å². The molecular weight excluding hydrogens is 244 g/mol. The second-order valence-electron chi connectivity index (χ2n) is 4.51. The summed E-state index contributed by atoms with van der Waals surface area (Å²) in [6.45, 7) is 1.96. The second-order valence-corrected chi connectivity index (χ2v) is 4.51. The van der Waals surface area contributed by atoms with Crippen LogP contribution in [-0.2, 0) is 9.53 Å². The molecule has 98 valence electrons. The molecule has 5 heteroatoms. The van der Waals surface area contributed by atoms with Crippen LogP contribution in [0.3, 0.4) is 0 Å². The normalized spacial score (nSPS) is 15.7. The molecule has 0 aliphatic carbocycles. The van der Waals surface area contributed by atoms with E-state index in [2.05, 4.69) is 4.98 Å². The number of benzene rings is 1. The fraction of sp³-hybridized carbons (Fsp3) is 0.286. The van der Waals surface area contributed by atoms with Gasteiger partial charge < -0.3 is 14.6 Å². The van der Waals surface area contributed by atoms with Gasteiger partial charge >= 0.3 is 0 Å². The highest BCUT2D eigenvalue weighted by Crippen LogP contribution is 2.15. The Hall–Kier alpha value is -2.14. The third kappa shape index (κ3) is 2.24. The smallest absolute Gasteiger partial charge is 0.295 e. The molecule has 19 heavy (non-hydrogen) atoms. The minimum Gasteiger partial charge on any atom is -0.378 e. The fourth-order valence-corrected chi connectivity index (χ4v) is 2.23. The van der Waals surface area contributed by atoms with Crippen molar-refractivity contribution < 1.29 is 14.3 Å². The molecule has 0 radical (unpaired) electrons. The molecule has 2 heterocycles. The van der Waals surface area contributed by atoms with E-state index in [9.17, 15) is 9.59 Å². The molecule has 0 spiro atoms. The maximum atomic E-state index is 12.2. The summed E-state index contributed by atoms with van der Waals surface area (Å²) in [5.74, 6) is -0.900. The summed E-state index contributed by atoms with van der Waals surface area (Å²) in [5, 5.41) is 0.931. The number of carbonyl (C=O) groups excluding carboxylic acids is 2. The minimum absolute atomic E-state index is 0.434. The molecule has 3 rings (SSSR count). The Morgan fingerprint density at radius 1 is 1.16 bits per heavy atom. The largest absolute Gasteiger partial charge is 0.378 e. The highest BCUT2D eigenvalue weighted by atomic mass is 16.5. The first-order chi connectivity index (χ1) is 9.25. The molecule has 1 aliphatic heterocycles. The number of Topliss-reactive ketones (excluding diaryl/α,β-unsaturated/α-hetero) is 1. The van der Waals surface area contributed by atoms with Gasteiger partial charge in [0.05, 0.1) is 13.2 Å². The summed E-state index contributed by atoms with van der Waals surface area (Å²) < 4.78 is 5.17. The van der Waals surface area contributed by atoms with Crippen LogP contribution in [0.1, 0.15) is 10.4 Å². The van der Waals surface area contributed by atoms with Gasteiger partial charge in [-0.05, 0) is 24.3 Å². The van der Waals surface area contributed by atoms with Crippen molar-refractivity contribution in [3.8, 4) is 0 Å². The number of aromatic amines is 1. The van der Waals surface area contributed by atoms with Crippen molar-refractivity contribution in [3.63, 3.8) is 0 Å². The van der Waals surface area contributed by atoms with Gasteiger partial charge in [0.15, 0.2) is 0 Å². The number of H-pyrrole nitrogens is 1. The Balaban J connectivity index is 1.83. The van der Waals surface area contributed by atoms with Crippen molar-refractivity contribution in [2.45, 2.75) is 0 Å². The van der Waals surface area contributed by atoms with Crippen LogP contribution in [0.5, 0.6) is 0 Å². The van der Waals surface area contributed by atoms with E-state index in [0.29, 0.717) is 31.9 Å². The summed E-state index contributed by atoms with van der Waals surface area (Å²) in [4.78, 5) is 28.9. The highest BCUT2D eigenvalue weighted by Gasteiger charge is 2.24. The summed E-state index contributed by atoms with van der Waals surface area (Å²) in [7, 11) is 0. The van der Waals surface area contributed by atoms with Crippen molar-refractivity contribution in [1.29, 1.82) is 0 Å². The number of fused-ring (bicyclic) bond motifs is 1. The Morgan fingerprint density at radius 2 is 1.95 bits per heavy atom. The lowest BCUT2D eigenvalue weighted by Gasteiger charge is -2.26. The lowest BCUT2D eigenvalue weighted by Crippen LogP contribution is -2.44. The zero-order valence-electron chi connectivity index (χ0n) is 10.4. The molecule has 0 saturated carbocycles. The third-order valence-electron chi connectivity index (χ3n) is 3.31. The van der Waals surface area contributed by atoms with E-state index in [1.54, 1.807) is 17.0 Å². The molecular formula is C14H14N2O3. The summed E-state index contributed by atoms with van der Waals surface area (Å²) in [6.07, 6.45) is 1.81. The van der Waals surface area contributed by atoms with Crippen LogP contribution in [0.15, 0.2) is 30.5 Å². The van der Waals surface area contributed by atoms with Crippen molar-refractivity contribution in [2.24, 2.45) is 0 Å². The number of carbonyl (C=O) groups is 2. The third-order valence-corrected chi connectivity index (χ3v) is 3.31. The fourth-order valence-electron chi connectivity index (χ4n) is 2.23. The molecule has 0 atom stereocenters. The molecule has 1 saturated heterocycles. The van der Waals surface area contributed by atoms with Gasteiger partial charge in [0, 0.05) is 35.8 Å². The maximum Gasteiger partial charge on any atom is 0.295 e. The predicted molar refractivity (Wildman–Crippen MR) is 70.0 cm³/mol. The first-order valence-electron chi connectivity index (χ1n) is 6.24. The maximum absolute atomic E-state index is 12.2. The van der Waals surface area contributed by atoms with Gasteiger partial charge in [-0.15, -0.1) is 0 Å². The number of hydrogen-bond donors (Lipinski definition) is 1. The van der Waals surface area contributed by atoms with Gasteiger partial charge in [0.2, 0.25) is 5.78 Å². The van der Waals surface area contributed by atoms with Crippen molar-refractivity contribution in [2.75, 3.05) is 26.3 Å². The number of hydrogen-bond acceptors (Lipinski definition) is 3. The molecule has 0 unspecified atom stereocenters. The Kier molecular flexibility index (Phi) is 3.05. The van der Waals surface area contributed by atoms with Crippen LogP contribution in [0, 0.1) is 0 Å². The predicted octanol–water partition coefficient (Wildman–Crippen LogP) is 1.21. The van der Waals surface area contributed by atoms with E-state index in [-0.39, 0.29) is 0 Å². The molecule has 1 fully saturated rings. The number of amides is 1. The quantitative estimate of drug-likeness (QED) is 0.650. The van der Waals surface area contributed by atoms with Crippen molar-refractivity contribution in [1.82, 2.24) is 9.88 Å². The molecule has 1 amide bonds. The number of nitrogens with zero attached hydrogens (tertiary/aromatic N) is 1. The van der Waals surface area contributed by atoms with E-state index in [1.807, 2.05) is 18.3 Å². The number of aromatic nitrogens is 1. The Morgan fingerprint density at radius 3 is 2.74 bits per heavy atom. The highest BCUT2D eigenvalue weighted by molar-refractivity contribution is 6.43. The summed E-state index contributed by atoms with van der Waals surface area (Å²) in [5.41, 5.74) is 1.39. The van der Waals surface area contributed by atoms with E-state index in [1.165, 1.54) is 0 Å². The lowest BCUT2D eigenvalue weighted by molar-refractivity contribution is -0.130. The average molecular weight is 258 g/mol. The zero-order chi connectivity index (χ0) is 13.2. The van der Waals surface area contributed by atoms with Crippen molar-refractivity contribution >= 4 is 22.6 Å². The average Bonchev–Trinajstić information content (AvgIpc) is 2.94. The summed E-state index contributed by atoms with van der Waals surface area (Å²) in [6, 6.07) is 7.12. The van der Waals surface area contributed by atoms with Crippen LogP contribution < -0.4 is 0 Å². The van der Waals surface area contributed by atoms with E-state index < -0.39 is 11.7 Å². The SMILES string of the molecule is O=C(C(=O)N1CCOCC1)c1ccc2[nH]ccc2c1. The molecule has 5 nitrogen and oxygen atoms in total. The summed E-state index contributed by atoms with van der Waals surface area (Å²) >= 11 is 0. The molecule has 1 N–H and O–H groups in total. The first-order valence-corrected chi connectivity index (χ1v) is 6.24. The number of ether oxygens (including phenoxy) is 1. The Labute approximate surface area is 110 Å². The van der Waals surface area contributed by atoms with Gasteiger partial charge in [-0.25, -0.2) is 0 Å². The van der Waals surface area contributed by atoms with Gasteiger partial charge in [-0.1, -0.05) is 0 Å². The molecule has 0 bridgehead atoms. The number of nitrogens with one attached hydrogen (secondary N) is 1. The zero-order valence-corrected chi connectivity index (χ0v) is 10.4. The standard InChI is InChI=1S/C14H14N2O3/c17-13(14(18)16-5-7-19-8-6-16)11-1-2-12-10(9-11)3-4-15-12/h1-4,9,15H,5-8H2. The van der Waals surface area contributed by atoms with Crippen LogP contribution in [0.25, 0.3) is 10.9 Å². The van der Waals surface area contributed by atoms with Gasteiger partial charge in [-0.2, -0.15) is 0 Å². The van der Waals surface area contributed by atoms with Crippen LogP contribution >= 0.6 is 0 Å². The number of morpholine rings is 1. The molecule has 2 aromatic rings. The van der Waals surface area contributed by atoms with Gasteiger partial charge in [0.1, 0.15) is 0 Å². The van der Waals surface area contributed by atoms with Crippen molar-refractivity contribution in [3.05, 3.63) is 36.0 Å². The Bertz CT molecular complexity index is 626. The number of rotatable bonds is 2. The van der Waals surface area contributed by atoms with Crippen LogP contribution in [0.2, 0.25) is 0 Å². The molecule has 1 aromatic carbocycles. The van der Waals surface area contributed by atoms with Crippen LogP contribution in [0.4, 0.5) is 0 Å². The monoisotopic (exact) mass is 258 g/mol.